The number of hydrogen-bond acceptors (Lipinski definition) is 6. The molecule has 0 fully saturated rings. The minimum atomic E-state index is -0.521. The number of thiophene rings is 1. The van der Waals surface area contributed by atoms with Crippen molar-refractivity contribution in [3.8, 4) is 0 Å². The molecule has 3 N–H and O–H groups in total. The monoisotopic (exact) mass is 297 g/mol. The van der Waals surface area contributed by atoms with Crippen LogP contribution in [-0.2, 0) is 4.74 Å². The van der Waals surface area contributed by atoms with E-state index in [0.29, 0.717) is 16.4 Å². The van der Waals surface area contributed by atoms with Gasteiger partial charge in [-0.3, -0.25) is 4.79 Å². The molecule has 6 nitrogen and oxygen atoms in total. The first kappa shape index (κ1) is 16.0. The Morgan fingerprint density at radius 3 is 2.65 bits per heavy atom. The second-order valence-electron chi connectivity index (χ2n) is 4.14. The third-order valence-electron chi connectivity index (χ3n) is 2.43. The second-order valence-corrected chi connectivity index (χ2v) is 5.14. The summed E-state index contributed by atoms with van der Waals surface area (Å²) in [6, 6.07) is 0. The van der Waals surface area contributed by atoms with Gasteiger partial charge in [0.15, 0.2) is 0 Å². The average molecular weight is 297 g/mol. The Morgan fingerprint density at radius 1 is 1.50 bits per heavy atom. The molecule has 1 heterocycles. The molecule has 1 rings (SSSR count). The fourth-order valence-electron chi connectivity index (χ4n) is 1.56. The number of hydrogen-bond donors (Lipinski definition) is 2. The molecule has 0 unspecified atom stereocenters. The van der Waals surface area contributed by atoms with Crippen LogP contribution in [0.4, 0.5) is 10.7 Å². The van der Waals surface area contributed by atoms with E-state index in [1.807, 2.05) is 0 Å². The van der Waals surface area contributed by atoms with Gasteiger partial charge in [-0.2, -0.15) is 0 Å². The van der Waals surface area contributed by atoms with Gasteiger partial charge < -0.3 is 20.7 Å². The maximum Gasteiger partial charge on any atom is 0.343 e. The van der Waals surface area contributed by atoms with Crippen LogP contribution in [-0.4, -0.2) is 39.1 Å². The zero-order valence-electron chi connectivity index (χ0n) is 11.9. The van der Waals surface area contributed by atoms with Gasteiger partial charge in [-0.25, -0.2) is 4.79 Å². The SMILES string of the molecule is C=CCNC(=O)c1sc(N(C)C)c(C(=O)OCC)c1N. The summed E-state index contributed by atoms with van der Waals surface area (Å²) in [5, 5.41) is 3.24. The summed E-state index contributed by atoms with van der Waals surface area (Å²) in [6.07, 6.45) is 1.57. The van der Waals surface area contributed by atoms with Gasteiger partial charge in [0.1, 0.15) is 15.4 Å². The summed E-state index contributed by atoms with van der Waals surface area (Å²) in [5.41, 5.74) is 6.33. The molecule has 0 saturated carbocycles. The molecule has 0 aliphatic carbocycles. The van der Waals surface area contributed by atoms with E-state index in [4.69, 9.17) is 10.5 Å². The van der Waals surface area contributed by atoms with Crippen molar-refractivity contribution < 1.29 is 14.3 Å². The van der Waals surface area contributed by atoms with Crippen molar-refractivity contribution in [3.05, 3.63) is 23.1 Å². The molecule has 0 bridgehead atoms. The van der Waals surface area contributed by atoms with Gasteiger partial charge in [-0.15, -0.1) is 17.9 Å². The van der Waals surface area contributed by atoms with Crippen LogP contribution in [0.2, 0.25) is 0 Å². The Labute approximate surface area is 122 Å². The highest BCUT2D eigenvalue weighted by Crippen LogP contribution is 2.37. The highest BCUT2D eigenvalue weighted by atomic mass is 32.1. The standard InChI is InChI=1S/C13H19N3O3S/c1-5-7-15-11(17)10-9(14)8(13(18)19-6-2)12(20-10)16(3)4/h5H,1,6-7,14H2,2-4H3,(H,15,17). The number of ether oxygens (including phenoxy) is 1. The topological polar surface area (TPSA) is 84.7 Å². The number of nitrogens with one attached hydrogen (secondary N) is 1. The molecule has 1 amide bonds. The van der Waals surface area contributed by atoms with Crippen LogP contribution < -0.4 is 16.0 Å². The fraction of sp³-hybridized carbons (Fsp3) is 0.385. The predicted molar refractivity (Wildman–Crippen MR) is 81.5 cm³/mol. The van der Waals surface area contributed by atoms with E-state index in [0.717, 1.165) is 11.3 Å². The maximum absolute atomic E-state index is 12.0. The summed E-state index contributed by atoms with van der Waals surface area (Å²) in [4.78, 5) is 26.0. The normalized spacial score (nSPS) is 9.95. The van der Waals surface area contributed by atoms with Crippen molar-refractivity contribution in [2.45, 2.75) is 6.92 Å². The summed E-state index contributed by atoms with van der Waals surface area (Å²) in [7, 11) is 3.55. The van der Waals surface area contributed by atoms with Crippen molar-refractivity contribution in [3.63, 3.8) is 0 Å². The first-order chi connectivity index (χ1) is 9.43. The average Bonchev–Trinajstić information content (AvgIpc) is 2.74. The van der Waals surface area contributed by atoms with E-state index < -0.39 is 5.97 Å². The number of amides is 1. The molecule has 1 aromatic heterocycles. The highest BCUT2D eigenvalue weighted by molar-refractivity contribution is 7.19. The number of esters is 1. The minimum absolute atomic E-state index is 0.152. The molecule has 20 heavy (non-hydrogen) atoms. The zero-order valence-corrected chi connectivity index (χ0v) is 12.7. The fourth-order valence-corrected chi connectivity index (χ4v) is 2.61. The third kappa shape index (κ3) is 3.30. The Morgan fingerprint density at radius 2 is 2.15 bits per heavy atom. The largest absolute Gasteiger partial charge is 0.462 e. The second kappa shape index (κ2) is 6.95. The van der Waals surface area contributed by atoms with Crippen LogP contribution in [0, 0.1) is 0 Å². The Balaban J connectivity index is 3.22. The molecule has 0 spiro atoms. The predicted octanol–water partition coefficient (Wildman–Crippen LogP) is 1.49. The van der Waals surface area contributed by atoms with Crippen LogP contribution in [0.5, 0.6) is 0 Å². The van der Waals surface area contributed by atoms with Crippen LogP contribution in [0.15, 0.2) is 12.7 Å². The van der Waals surface area contributed by atoms with Crippen LogP contribution in [0.3, 0.4) is 0 Å². The van der Waals surface area contributed by atoms with E-state index >= 15 is 0 Å². The van der Waals surface area contributed by atoms with E-state index in [9.17, 15) is 9.59 Å². The Kier molecular flexibility index (Phi) is 5.57. The molecule has 0 saturated heterocycles. The molecule has 0 aliphatic heterocycles. The number of anilines is 2. The van der Waals surface area contributed by atoms with Gasteiger partial charge in [-0.1, -0.05) is 6.08 Å². The maximum atomic E-state index is 12.0. The third-order valence-corrected chi connectivity index (χ3v) is 3.80. The Hall–Kier alpha value is -2.02. The lowest BCUT2D eigenvalue weighted by Gasteiger charge is -2.11. The lowest BCUT2D eigenvalue weighted by molar-refractivity contribution is 0.0529. The summed E-state index contributed by atoms with van der Waals surface area (Å²) in [6.45, 7) is 5.83. The molecule has 0 radical (unpaired) electrons. The van der Waals surface area contributed by atoms with Gasteiger partial charge in [0.25, 0.3) is 5.91 Å². The van der Waals surface area contributed by atoms with E-state index in [-0.39, 0.29) is 23.8 Å². The number of nitrogens with zero attached hydrogens (tertiary/aromatic N) is 1. The first-order valence-electron chi connectivity index (χ1n) is 6.09. The van der Waals surface area contributed by atoms with Crippen LogP contribution in [0.25, 0.3) is 0 Å². The zero-order chi connectivity index (χ0) is 15.3. The molecule has 7 heteroatoms. The van der Waals surface area contributed by atoms with E-state index in [2.05, 4.69) is 11.9 Å². The number of carbonyl (C=O) groups is 2. The van der Waals surface area contributed by atoms with Gasteiger partial charge in [0, 0.05) is 20.6 Å². The smallest absolute Gasteiger partial charge is 0.343 e. The lowest BCUT2D eigenvalue weighted by atomic mass is 10.2. The molecule has 110 valence electrons. The molecule has 0 atom stereocenters. The number of rotatable bonds is 6. The van der Waals surface area contributed by atoms with Crippen molar-refractivity contribution in [2.24, 2.45) is 0 Å². The summed E-state index contributed by atoms with van der Waals surface area (Å²) >= 11 is 1.16. The minimum Gasteiger partial charge on any atom is -0.462 e. The van der Waals surface area contributed by atoms with Gasteiger partial charge >= 0.3 is 5.97 Å². The van der Waals surface area contributed by atoms with Gasteiger partial charge in [0.05, 0.1) is 12.3 Å². The quantitative estimate of drug-likeness (QED) is 0.614. The first-order valence-corrected chi connectivity index (χ1v) is 6.91. The summed E-state index contributed by atoms with van der Waals surface area (Å²) in [5.74, 6) is -0.848. The number of nitrogens with two attached hydrogens (primary N) is 1. The van der Waals surface area contributed by atoms with Crippen LogP contribution in [0.1, 0.15) is 27.0 Å². The van der Waals surface area contributed by atoms with E-state index in [1.54, 1.807) is 32.0 Å². The van der Waals surface area contributed by atoms with Crippen molar-refractivity contribution in [2.75, 3.05) is 37.9 Å². The van der Waals surface area contributed by atoms with Gasteiger partial charge in [0.2, 0.25) is 0 Å². The van der Waals surface area contributed by atoms with Crippen LogP contribution >= 0.6 is 11.3 Å². The molecule has 1 aromatic rings. The molecular formula is C13H19N3O3S. The number of carbonyl (C=O) groups excluding carboxylic acids is 2. The molecular weight excluding hydrogens is 278 g/mol. The van der Waals surface area contributed by atoms with Crippen molar-refractivity contribution >= 4 is 33.9 Å². The van der Waals surface area contributed by atoms with Crippen molar-refractivity contribution in [1.29, 1.82) is 0 Å². The van der Waals surface area contributed by atoms with Gasteiger partial charge in [-0.05, 0) is 6.92 Å². The van der Waals surface area contributed by atoms with E-state index in [1.165, 1.54) is 0 Å². The number of nitrogen functional groups attached to an aromatic ring is 1. The molecule has 0 aliphatic rings. The van der Waals surface area contributed by atoms with Crippen molar-refractivity contribution in [1.82, 2.24) is 5.32 Å². The lowest BCUT2D eigenvalue weighted by Crippen LogP contribution is -2.23. The molecule has 0 aromatic carbocycles. The Bertz CT molecular complexity index is 523. The highest BCUT2D eigenvalue weighted by Gasteiger charge is 2.27. The summed E-state index contributed by atoms with van der Waals surface area (Å²) < 4.78 is 4.99.